The van der Waals surface area contributed by atoms with Gasteiger partial charge in [0.25, 0.3) is 0 Å². The Morgan fingerprint density at radius 3 is 2.12 bits per heavy atom. The van der Waals surface area contributed by atoms with Crippen LogP contribution in [0.1, 0.15) is 43.7 Å². The predicted molar refractivity (Wildman–Crippen MR) is 97.9 cm³/mol. The van der Waals surface area contributed by atoms with Crippen molar-refractivity contribution in [3.8, 4) is 0 Å². The Balaban J connectivity index is 2.13. The van der Waals surface area contributed by atoms with E-state index in [2.05, 4.69) is 12.2 Å². The molecule has 0 radical (unpaired) electrons. The zero-order valence-electron chi connectivity index (χ0n) is 14.8. The summed E-state index contributed by atoms with van der Waals surface area (Å²) in [4.78, 5) is 12.7. The van der Waals surface area contributed by atoms with Crippen molar-refractivity contribution in [3.63, 3.8) is 0 Å². The van der Waals surface area contributed by atoms with Gasteiger partial charge >= 0.3 is 0 Å². The fourth-order valence-electron chi connectivity index (χ4n) is 3.12. The number of methoxy groups -OCH3 is 1. The summed E-state index contributed by atoms with van der Waals surface area (Å²) in [6.45, 7) is 4.58. The van der Waals surface area contributed by atoms with Gasteiger partial charge in [0, 0.05) is 7.11 Å². The summed E-state index contributed by atoms with van der Waals surface area (Å²) in [6, 6.07) is 20.0. The summed E-state index contributed by atoms with van der Waals surface area (Å²) in [5, 5.41) is 3.11. The molecule has 0 fully saturated rings. The quantitative estimate of drug-likeness (QED) is 0.788. The lowest BCUT2D eigenvalue weighted by Crippen LogP contribution is -2.43. The molecule has 0 spiro atoms. The highest BCUT2D eigenvalue weighted by atomic mass is 16.5. The summed E-state index contributed by atoms with van der Waals surface area (Å²) in [7, 11) is 1.71. The van der Waals surface area contributed by atoms with Crippen LogP contribution in [0.3, 0.4) is 0 Å². The third-order valence-electron chi connectivity index (χ3n) is 4.74. The normalized spacial score (nSPS) is 14.6. The molecule has 24 heavy (non-hydrogen) atoms. The van der Waals surface area contributed by atoms with E-state index in [9.17, 15) is 4.79 Å². The first kappa shape index (κ1) is 18.2. The van der Waals surface area contributed by atoms with Crippen LogP contribution in [0.15, 0.2) is 60.7 Å². The minimum atomic E-state index is -0.494. The summed E-state index contributed by atoms with van der Waals surface area (Å²) in [6.07, 6.45) is 1.56. The lowest BCUT2D eigenvalue weighted by molar-refractivity contribution is -0.124. The van der Waals surface area contributed by atoms with E-state index < -0.39 is 5.60 Å². The van der Waals surface area contributed by atoms with Crippen molar-refractivity contribution in [2.45, 2.75) is 38.2 Å². The van der Waals surface area contributed by atoms with E-state index >= 15 is 0 Å². The average molecular weight is 325 g/mol. The molecular formula is C21H27NO2. The molecule has 0 bridgehead atoms. The van der Waals surface area contributed by atoms with Crippen LogP contribution >= 0.6 is 0 Å². The zero-order chi connectivity index (χ0) is 17.4. The standard InChI is InChI=1S/C21H27NO2/c1-4-19(17-12-8-6-9-13-17)20(23)22-16-21(5-2,24-3)18-14-10-7-11-15-18/h6-15,19H,4-5,16H2,1-3H3,(H,22,23). The van der Waals surface area contributed by atoms with Crippen LogP contribution in [-0.4, -0.2) is 19.6 Å². The Bertz CT molecular complexity index is 621. The first-order valence-corrected chi connectivity index (χ1v) is 8.60. The Morgan fingerprint density at radius 2 is 1.62 bits per heavy atom. The molecule has 3 heteroatoms. The van der Waals surface area contributed by atoms with Crippen LogP contribution in [0.5, 0.6) is 0 Å². The molecule has 0 aliphatic rings. The number of amides is 1. The third kappa shape index (κ3) is 4.04. The highest BCUT2D eigenvalue weighted by Gasteiger charge is 2.31. The number of carbonyl (C=O) groups excluding carboxylic acids is 1. The minimum Gasteiger partial charge on any atom is -0.372 e. The molecule has 0 aromatic heterocycles. The first-order chi connectivity index (χ1) is 11.7. The topological polar surface area (TPSA) is 38.3 Å². The highest BCUT2D eigenvalue weighted by Crippen LogP contribution is 2.28. The maximum atomic E-state index is 12.7. The van der Waals surface area contributed by atoms with Crippen LogP contribution in [0.25, 0.3) is 0 Å². The summed E-state index contributed by atoms with van der Waals surface area (Å²) >= 11 is 0. The number of rotatable bonds is 8. The van der Waals surface area contributed by atoms with Crippen LogP contribution < -0.4 is 5.32 Å². The van der Waals surface area contributed by atoms with Gasteiger partial charge in [-0.25, -0.2) is 0 Å². The molecule has 0 heterocycles. The van der Waals surface area contributed by atoms with Gasteiger partial charge in [0.15, 0.2) is 0 Å². The lowest BCUT2D eigenvalue weighted by atomic mass is 9.90. The van der Waals surface area contributed by atoms with Crippen LogP contribution in [0, 0.1) is 0 Å². The lowest BCUT2D eigenvalue weighted by Gasteiger charge is -2.33. The molecule has 2 aromatic carbocycles. The predicted octanol–water partition coefficient (Wildman–Crippen LogP) is 4.25. The van der Waals surface area contributed by atoms with Crippen LogP contribution in [0.2, 0.25) is 0 Å². The molecule has 2 aromatic rings. The average Bonchev–Trinajstić information content (AvgIpc) is 2.65. The monoisotopic (exact) mass is 325 g/mol. The van der Waals surface area contributed by atoms with Crippen molar-refractivity contribution in [2.24, 2.45) is 0 Å². The van der Waals surface area contributed by atoms with E-state index in [1.54, 1.807) is 7.11 Å². The van der Waals surface area contributed by atoms with Crippen LogP contribution in [0.4, 0.5) is 0 Å². The third-order valence-corrected chi connectivity index (χ3v) is 4.74. The van der Waals surface area contributed by atoms with Crippen LogP contribution in [-0.2, 0) is 15.1 Å². The molecule has 1 N–H and O–H groups in total. The second kappa shape index (κ2) is 8.65. The number of carbonyl (C=O) groups is 1. The molecule has 1 amide bonds. The van der Waals surface area contributed by atoms with Gasteiger partial charge in [-0.2, -0.15) is 0 Å². The first-order valence-electron chi connectivity index (χ1n) is 8.60. The van der Waals surface area contributed by atoms with E-state index in [1.807, 2.05) is 67.6 Å². The summed E-state index contributed by atoms with van der Waals surface area (Å²) in [5.41, 5.74) is 1.64. The van der Waals surface area contributed by atoms with E-state index in [-0.39, 0.29) is 11.8 Å². The van der Waals surface area contributed by atoms with Gasteiger partial charge in [0.1, 0.15) is 5.60 Å². The fraction of sp³-hybridized carbons (Fsp3) is 0.381. The number of nitrogens with one attached hydrogen (secondary N) is 1. The molecule has 128 valence electrons. The molecule has 0 saturated carbocycles. The smallest absolute Gasteiger partial charge is 0.227 e. The van der Waals surface area contributed by atoms with E-state index in [0.29, 0.717) is 6.54 Å². The molecular weight excluding hydrogens is 298 g/mol. The maximum absolute atomic E-state index is 12.7. The molecule has 2 unspecified atom stereocenters. The number of benzene rings is 2. The van der Waals surface area contributed by atoms with Crippen molar-refractivity contribution in [1.82, 2.24) is 5.32 Å². The minimum absolute atomic E-state index is 0.0505. The molecule has 0 aliphatic heterocycles. The molecule has 0 saturated heterocycles. The second-order valence-electron chi connectivity index (χ2n) is 6.01. The second-order valence-corrected chi connectivity index (χ2v) is 6.01. The zero-order valence-corrected chi connectivity index (χ0v) is 14.8. The van der Waals surface area contributed by atoms with Crippen molar-refractivity contribution in [2.75, 3.05) is 13.7 Å². The van der Waals surface area contributed by atoms with E-state index in [0.717, 1.165) is 24.0 Å². The molecule has 0 aliphatic carbocycles. The highest BCUT2D eigenvalue weighted by molar-refractivity contribution is 5.83. The van der Waals surface area contributed by atoms with Gasteiger partial charge in [-0.05, 0) is 24.0 Å². The van der Waals surface area contributed by atoms with Gasteiger partial charge in [-0.3, -0.25) is 4.79 Å². The van der Waals surface area contributed by atoms with Crippen molar-refractivity contribution in [3.05, 3.63) is 71.8 Å². The Morgan fingerprint density at radius 1 is 1.04 bits per heavy atom. The summed E-state index contributed by atoms with van der Waals surface area (Å²) in [5.74, 6) is -0.0807. The van der Waals surface area contributed by atoms with Gasteiger partial charge in [0.2, 0.25) is 5.91 Å². The molecule has 2 rings (SSSR count). The Hall–Kier alpha value is -2.13. The molecule has 2 atom stereocenters. The molecule has 3 nitrogen and oxygen atoms in total. The Labute approximate surface area is 145 Å². The SMILES string of the molecule is CCC(C(=O)NCC(CC)(OC)c1ccccc1)c1ccccc1. The largest absolute Gasteiger partial charge is 0.372 e. The van der Waals surface area contributed by atoms with Gasteiger partial charge < -0.3 is 10.1 Å². The van der Waals surface area contributed by atoms with Crippen molar-refractivity contribution in [1.29, 1.82) is 0 Å². The summed E-state index contributed by atoms with van der Waals surface area (Å²) < 4.78 is 5.83. The van der Waals surface area contributed by atoms with E-state index in [4.69, 9.17) is 4.74 Å². The fourth-order valence-corrected chi connectivity index (χ4v) is 3.12. The number of hydrogen-bond acceptors (Lipinski definition) is 2. The van der Waals surface area contributed by atoms with Crippen molar-refractivity contribution >= 4 is 5.91 Å². The van der Waals surface area contributed by atoms with Gasteiger partial charge in [0.05, 0.1) is 12.5 Å². The van der Waals surface area contributed by atoms with E-state index in [1.165, 1.54) is 0 Å². The number of hydrogen-bond donors (Lipinski definition) is 1. The Kier molecular flexibility index (Phi) is 6.56. The van der Waals surface area contributed by atoms with Gasteiger partial charge in [-0.1, -0.05) is 74.5 Å². The van der Waals surface area contributed by atoms with Gasteiger partial charge in [-0.15, -0.1) is 0 Å². The van der Waals surface area contributed by atoms with Crippen molar-refractivity contribution < 1.29 is 9.53 Å². The maximum Gasteiger partial charge on any atom is 0.227 e. The number of ether oxygens (including phenoxy) is 1.